The van der Waals surface area contributed by atoms with Crippen LogP contribution in [0.1, 0.15) is 52.9 Å². The maximum atomic E-state index is 12.1. The summed E-state index contributed by atoms with van der Waals surface area (Å²) in [6.45, 7) is 6.75. The lowest BCUT2D eigenvalue weighted by Crippen LogP contribution is -2.51. The van der Waals surface area contributed by atoms with Crippen LogP contribution in [0.5, 0.6) is 0 Å². The van der Waals surface area contributed by atoms with E-state index in [0.29, 0.717) is 23.3 Å². The van der Waals surface area contributed by atoms with E-state index in [9.17, 15) is 4.79 Å². The minimum absolute atomic E-state index is 0.374. The van der Waals surface area contributed by atoms with Crippen molar-refractivity contribution in [3.05, 3.63) is 0 Å². The van der Waals surface area contributed by atoms with Crippen LogP contribution in [0.25, 0.3) is 0 Å². The molecule has 0 N–H and O–H groups in total. The van der Waals surface area contributed by atoms with Crippen LogP contribution in [0.4, 0.5) is 0 Å². The molecule has 2 nitrogen and oxygen atoms in total. The van der Waals surface area contributed by atoms with Crippen LogP contribution in [0, 0.1) is 5.92 Å². The molecule has 3 aliphatic rings. The smallest absolute Gasteiger partial charge is 0.223 e. The Balaban J connectivity index is 1.86. The lowest BCUT2D eigenvalue weighted by atomic mass is 9.76. The van der Waals surface area contributed by atoms with Crippen LogP contribution < -0.4 is 0 Å². The monoisotopic (exact) mass is 232 g/mol. The Morgan fingerprint density at radius 1 is 1.41 bits per heavy atom. The van der Waals surface area contributed by atoms with Crippen molar-refractivity contribution in [3.8, 4) is 0 Å². The van der Waals surface area contributed by atoms with Crippen LogP contribution in [-0.4, -0.2) is 30.2 Å². The molecule has 1 radical (unpaired) electrons. The van der Waals surface area contributed by atoms with Crippen molar-refractivity contribution < 1.29 is 4.79 Å². The van der Waals surface area contributed by atoms with Crippen LogP contribution in [-0.2, 0) is 4.79 Å². The first kappa shape index (κ1) is 11.6. The Labute approximate surface area is 105 Å². The number of piperidine rings is 1. The molecule has 93 valence electrons. The minimum atomic E-state index is 0.374. The molecule has 2 saturated heterocycles. The van der Waals surface area contributed by atoms with E-state index in [1.807, 2.05) is 0 Å². The van der Waals surface area contributed by atoms with E-state index in [4.69, 9.17) is 0 Å². The third kappa shape index (κ3) is 1.73. The maximum absolute atomic E-state index is 12.1. The highest BCUT2D eigenvalue weighted by Gasteiger charge is 2.58. The number of carbonyl (C=O) groups is 1. The van der Waals surface area contributed by atoms with Gasteiger partial charge in [-0.15, -0.1) is 0 Å². The minimum Gasteiger partial charge on any atom is -0.337 e. The van der Waals surface area contributed by atoms with Crippen molar-refractivity contribution in [2.75, 3.05) is 0 Å². The molecule has 0 bridgehead atoms. The molecule has 3 rings (SSSR count). The first-order valence-electron chi connectivity index (χ1n) is 7.20. The molecule has 1 aliphatic carbocycles. The topological polar surface area (TPSA) is 20.3 Å². The fourth-order valence-electron chi connectivity index (χ4n) is 4.36. The quantitative estimate of drug-likeness (QED) is 0.636. The zero-order valence-electron chi connectivity index (χ0n) is 11.3. The Bertz CT molecular complexity index is 343. The molecule has 1 amide bonds. The Morgan fingerprint density at radius 3 is 2.88 bits per heavy atom. The highest BCUT2D eigenvalue weighted by Crippen LogP contribution is 2.67. The fourth-order valence-corrected chi connectivity index (χ4v) is 4.36. The van der Waals surface area contributed by atoms with E-state index in [2.05, 4.69) is 33.0 Å². The third-order valence-electron chi connectivity index (χ3n) is 5.28. The van der Waals surface area contributed by atoms with E-state index >= 15 is 0 Å². The summed E-state index contributed by atoms with van der Waals surface area (Å²) in [6.07, 6.45) is 5.77. The third-order valence-corrected chi connectivity index (χ3v) is 5.28. The largest absolute Gasteiger partial charge is 0.337 e. The number of rotatable bonds is 1. The predicted octanol–water partition coefficient (Wildman–Crippen LogP) is 2.87. The van der Waals surface area contributed by atoms with E-state index < -0.39 is 0 Å². The van der Waals surface area contributed by atoms with Crippen molar-refractivity contribution in [1.29, 1.82) is 0 Å². The summed E-state index contributed by atoms with van der Waals surface area (Å²) in [5, 5.41) is 0.516. The van der Waals surface area contributed by atoms with Crippen LogP contribution in [0.15, 0.2) is 0 Å². The van der Waals surface area contributed by atoms with E-state index in [-0.39, 0.29) is 0 Å². The van der Waals surface area contributed by atoms with Gasteiger partial charge >= 0.3 is 0 Å². The summed E-state index contributed by atoms with van der Waals surface area (Å²) in [4.78, 5) is 14.3. The van der Waals surface area contributed by atoms with Gasteiger partial charge in [0.15, 0.2) is 0 Å². The zero-order valence-corrected chi connectivity index (χ0v) is 11.3. The van der Waals surface area contributed by atoms with Gasteiger partial charge in [0.25, 0.3) is 0 Å². The van der Waals surface area contributed by atoms with Gasteiger partial charge in [-0.3, -0.25) is 4.79 Å². The average Bonchev–Trinajstić information content (AvgIpc) is 2.90. The number of carbonyl (C=O) groups excluding carboxylic acids is 1. The highest BCUT2D eigenvalue weighted by molar-refractivity contribution is 6.56. The van der Waals surface area contributed by atoms with E-state index in [0.717, 1.165) is 24.6 Å². The molecule has 0 aromatic rings. The number of nitrogens with zero attached hydrogens (tertiary/aromatic N) is 1. The molecule has 1 saturated carbocycles. The van der Waals surface area contributed by atoms with E-state index in [1.54, 1.807) is 0 Å². The number of hydrogen-bond acceptors (Lipinski definition) is 1. The van der Waals surface area contributed by atoms with Gasteiger partial charge < -0.3 is 4.90 Å². The van der Waals surface area contributed by atoms with Gasteiger partial charge in [0, 0.05) is 18.5 Å². The molecule has 0 aromatic heterocycles. The van der Waals surface area contributed by atoms with Gasteiger partial charge in [0.1, 0.15) is 7.28 Å². The second-order valence-electron chi connectivity index (χ2n) is 6.76. The lowest BCUT2D eigenvalue weighted by Gasteiger charge is -2.44. The molecule has 0 spiro atoms. The van der Waals surface area contributed by atoms with Gasteiger partial charge in [0.2, 0.25) is 5.91 Å². The first-order valence-corrected chi connectivity index (χ1v) is 7.20. The van der Waals surface area contributed by atoms with Gasteiger partial charge in [-0.25, -0.2) is 0 Å². The zero-order chi connectivity index (χ0) is 12.2. The Morgan fingerprint density at radius 2 is 2.18 bits per heavy atom. The van der Waals surface area contributed by atoms with E-state index in [1.165, 1.54) is 19.3 Å². The molecule has 17 heavy (non-hydrogen) atoms. The summed E-state index contributed by atoms with van der Waals surface area (Å²) >= 11 is 0. The lowest BCUT2D eigenvalue weighted by molar-refractivity contribution is -0.141. The molecule has 0 aromatic carbocycles. The summed E-state index contributed by atoms with van der Waals surface area (Å²) < 4.78 is 0. The highest BCUT2D eigenvalue weighted by atomic mass is 16.2. The summed E-state index contributed by atoms with van der Waals surface area (Å²) in [5.41, 5.74) is 0. The van der Waals surface area contributed by atoms with Gasteiger partial charge in [0.05, 0.1) is 0 Å². The first-order chi connectivity index (χ1) is 8.03. The molecule has 3 heteroatoms. The summed E-state index contributed by atoms with van der Waals surface area (Å²) in [5.74, 6) is 1.94. The number of hydrogen-bond donors (Lipinski definition) is 0. The molecule has 3 fully saturated rings. The van der Waals surface area contributed by atoms with Crippen molar-refractivity contribution in [3.63, 3.8) is 0 Å². The molecule has 4 atom stereocenters. The van der Waals surface area contributed by atoms with Crippen molar-refractivity contribution in [2.24, 2.45) is 5.92 Å². The van der Waals surface area contributed by atoms with Crippen LogP contribution in [0.2, 0.25) is 11.1 Å². The molecule has 2 heterocycles. The Hall–Kier alpha value is -0.465. The summed E-state index contributed by atoms with van der Waals surface area (Å²) in [6, 6.07) is 0.903. The normalized spacial score (nSPS) is 44.8. The average molecular weight is 232 g/mol. The second kappa shape index (κ2) is 3.76. The number of amides is 1. The second-order valence-corrected chi connectivity index (χ2v) is 6.76. The fraction of sp³-hybridized carbons (Fsp3) is 0.929. The number of fused-ring (bicyclic) bond motifs is 3. The molecule has 2 aliphatic heterocycles. The predicted molar refractivity (Wildman–Crippen MR) is 70.2 cm³/mol. The molecular formula is C14H23BNO. The Kier molecular flexibility index (Phi) is 2.57. The van der Waals surface area contributed by atoms with Crippen LogP contribution >= 0.6 is 0 Å². The standard InChI is InChI=1S/C14H23BNO/c1-9(2)16-11-5-4-8-14(3)13(15-14)10(11)6-7-12(16)17/h9-11,13H,4-8H2,1-3H3. The van der Waals surface area contributed by atoms with Crippen molar-refractivity contribution in [1.82, 2.24) is 4.90 Å². The summed E-state index contributed by atoms with van der Waals surface area (Å²) in [7, 11) is 2.55. The van der Waals surface area contributed by atoms with Gasteiger partial charge in [-0.1, -0.05) is 30.9 Å². The van der Waals surface area contributed by atoms with Crippen molar-refractivity contribution >= 4 is 13.2 Å². The number of likely N-dealkylation sites (tertiary alicyclic amines) is 1. The van der Waals surface area contributed by atoms with Gasteiger partial charge in [-0.2, -0.15) is 0 Å². The van der Waals surface area contributed by atoms with Gasteiger partial charge in [-0.05, 0) is 32.6 Å². The molecule has 4 unspecified atom stereocenters. The SMILES string of the molecule is CC(C)N1C(=O)CCC2C1CCCC1(C)[B]C21. The maximum Gasteiger partial charge on any atom is 0.223 e. The van der Waals surface area contributed by atoms with Crippen LogP contribution in [0.3, 0.4) is 0 Å². The molecular weight excluding hydrogens is 209 g/mol. The van der Waals surface area contributed by atoms with Crippen molar-refractivity contribution in [2.45, 2.75) is 76.1 Å².